The minimum atomic E-state index is -1.06. The van der Waals surface area contributed by atoms with E-state index in [1.807, 2.05) is 0 Å². The number of halogens is 3. The summed E-state index contributed by atoms with van der Waals surface area (Å²) in [6.45, 7) is 10.5. The first-order valence-corrected chi connectivity index (χ1v) is 20.8. The highest BCUT2D eigenvalue weighted by Gasteiger charge is 2.25. The second-order valence-electron chi connectivity index (χ2n) is 15.3. The first kappa shape index (κ1) is 57.6. The van der Waals surface area contributed by atoms with Gasteiger partial charge in [-0.2, -0.15) is 0 Å². The van der Waals surface area contributed by atoms with Gasteiger partial charge in [-0.1, -0.05) is 142 Å². The number of hydrogen-bond acceptors (Lipinski definition) is 4. The van der Waals surface area contributed by atoms with E-state index in [4.69, 9.17) is 22.9 Å². The van der Waals surface area contributed by atoms with E-state index in [0.717, 1.165) is 37.0 Å². The zero-order chi connectivity index (χ0) is 36.5. The van der Waals surface area contributed by atoms with Gasteiger partial charge in [0.05, 0.1) is 38.8 Å². The Kier molecular flexibility index (Phi) is 43.8. The average molecular weight is 803 g/mol. The molecule has 0 spiro atoms. The van der Waals surface area contributed by atoms with Crippen molar-refractivity contribution in [2.75, 3.05) is 39.8 Å². The molecular formula is C40H87Cl3N8O. The molecule has 1 unspecified atom stereocenters. The number of aliphatic imine (C=N–C) groups is 3. The summed E-state index contributed by atoms with van der Waals surface area (Å²) in [5, 5.41) is 13.3. The smallest absolute Gasteiger partial charge is 0.186 e. The second-order valence-corrected chi connectivity index (χ2v) is 15.3. The molecule has 12 heteroatoms. The lowest BCUT2D eigenvalue weighted by atomic mass is 9.95. The van der Waals surface area contributed by atoms with E-state index >= 15 is 0 Å². The van der Waals surface area contributed by atoms with Crippen molar-refractivity contribution in [3.05, 3.63) is 0 Å². The molecule has 0 aliphatic rings. The first-order valence-electron chi connectivity index (χ1n) is 20.8. The normalized spacial score (nSPS) is 12.6. The van der Waals surface area contributed by atoms with Crippen molar-refractivity contribution in [1.82, 2.24) is 0 Å². The SMILES string of the molecule is CCCCCCCCCCCCCC[N+](C)(CCCCCCCCCCCCCC)CCN=C([O-])C(C)(CCCCN=C(N)N)N=C(N)N.Cl.Cl.Cl. The lowest BCUT2D eigenvalue weighted by Gasteiger charge is -2.35. The van der Waals surface area contributed by atoms with Crippen LogP contribution in [0.25, 0.3) is 0 Å². The van der Waals surface area contributed by atoms with Crippen molar-refractivity contribution in [3.63, 3.8) is 0 Å². The van der Waals surface area contributed by atoms with Crippen LogP contribution in [-0.4, -0.2) is 67.6 Å². The van der Waals surface area contributed by atoms with Crippen molar-refractivity contribution in [2.45, 2.75) is 200 Å². The lowest BCUT2D eigenvalue weighted by molar-refractivity contribution is -0.908. The highest BCUT2D eigenvalue weighted by Crippen LogP contribution is 2.20. The number of nitrogens with two attached hydrogens (primary N) is 4. The topological polar surface area (TPSA) is 164 Å². The van der Waals surface area contributed by atoms with Crippen LogP contribution in [0.1, 0.15) is 194 Å². The molecule has 314 valence electrons. The van der Waals surface area contributed by atoms with Crippen LogP contribution in [0, 0.1) is 0 Å². The number of unbranched alkanes of at least 4 members (excludes halogenated alkanes) is 23. The van der Waals surface area contributed by atoms with E-state index in [1.54, 1.807) is 6.92 Å². The van der Waals surface area contributed by atoms with Gasteiger partial charge in [-0.25, -0.2) is 4.99 Å². The van der Waals surface area contributed by atoms with Gasteiger partial charge < -0.3 is 32.5 Å². The first-order chi connectivity index (χ1) is 23.6. The van der Waals surface area contributed by atoms with Gasteiger partial charge in [0.1, 0.15) is 0 Å². The Morgan fingerprint density at radius 1 is 0.481 bits per heavy atom. The standard InChI is InChI=1S/C40H84N8O.3ClH/c1-5-7-9-11-13-15-17-19-21-23-25-29-34-48(4,35-30-26-24-22-20-18-16-14-12-10-8-6-2)36-33-45-37(49)40(3,47-39(43)44)31-27-28-32-46-38(41)42;;;/h5-36H2,1-4H3,(H8-,41,42,43,44,45,46,47,49);3*1H. The van der Waals surface area contributed by atoms with Crippen LogP contribution in [0.3, 0.4) is 0 Å². The number of likely N-dealkylation sites (N-methyl/N-ethyl adjacent to an activating group) is 1. The monoisotopic (exact) mass is 801 g/mol. The molecule has 0 saturated carbocycles. The quantitative estimate of drug-likeness (QED) is 0.0214. The van der Waals surface area contributed by atoms with Crippen LogP contribution in [-0.2, 0) is 0 Å². The second kappa shape index (κ2) is 39.5. The van der Waals surface area contributed by atoms with Gasteiger partial charge >= 0.3 is 0 Å². The fourth-order valence-corrected chi connectivity index (χ4v) is 6.85. The van der Waals surface area contributed by atoms with Crippen molar-refractivity contribution in [2.24, 2.45) is 37.9 Å². The van der Waals surface area contributed by atoms with Crippen molar-refractivity contribution in [1.29, 1.82) is 0 Å². The summed E-state index contributed by atoms with van der Waals surface area (Å²) < 4.78 is 0.976. The van der Waals surface area contributed by atoms with Gasteiger partial charge in [0.15, 0.2) is 11.9 Å². The van der Waals surface area contributed by atoms with Gasteiger partial charge in [-0.3, -0.25) is 9.98 Å². The molecule has 0 heterocycles. The van der Waals surface area contributed by atoms with Gasteiger partial charge in [0, 0.05) is 6.54 Å². The van der Waals surface area contributed by atoms with Crippen molar-refractivity contribution < 1.29 is 9.59 Å². The molecule has 0 aliphatic heterocycles. The van der Waals surface area contributed by atoms with Gasteiger partial charge in [-0.05, 0) is 57.8 Å². The summed E-state index contributed by atoms with van der Waals surface area (Å²) in [5.74, 6) is -0.258. The molecular weight excluding hydrogens is 715 g/mol. The molecule has 0 rings (SSSR count). The van der Waals surface area contributed by atoms with E-state index in [9.17, 15) is 5.11 Å². The fourth-order valence-electron chi connectivity index (χ4n) is 6.85. The molecule has 0 saturated heterocycles. The van der Waals surface area contributed by atoms with E-state index in [2.05, 4.69) is 35.9 Å². The Morgan fingerprint density at radius 3 is 1.19 bits per heavy atom. The highest BCUT2D eigenvalue weighted by molar-refractivity contribution is 5.87. The van der Waals surface area contributed by atoms with Gasteiger partial charge in [-0.15, -0.1) is 37.2 Å². The molecule has 0 bridgehead atoms. The highest BCUT2D eigenvalue weighted by atomic mass is 35.5. The number of hydrogen-bond donors (Lipinski definition) is 4. The summed E-state index contributed by atoms with van der Waals surface area (Å²) in [5.41, 5.74) is 21.3. The summed E-state index contributed by atoms with van der Waals surface area (Å²) in [6.07, 6.45) is 34.6. The minimum absolute atomic E-state index is 0. The third-order valence-electron chi connectivity index (χ3n) is 10.2. The number of quaternary nitrogens is 1. The van der Waals surface area contributed by atoms with E-state index < -0.39 is 5.54 Å². The van der Waals surface area contributed by atoms with Crippen LogP contribution in [0.5, 0.6) is 0 Å². The van der Waals surface area contributed by atoms with Gasteiger partial charge in [0.2, 0.25) is 0 Å². The van der Waals surface area contributed by atoms with E-state index in [-0.39, 0.29) is 55.0 Å². The Labute approximate surface area is 340 Å². The van der Waals surface area contributed by atoms with Crippen LogP contribution >= 0.6 is 37.2 Å². The molecule has 0 aromatic carbocycles. The zero-order valence-corrected chi connectivity index (χ0v) is 36.8. The molecule has 0 amide bonds. The molecule has 0 aromatic heterocycles. The Bertz CT molecular complexity index is 827. The third-order valence-corrected chi connectivity index (χ3v) is 10.2. The van der Waals surface area contributed by atoms with Crippen molar-refractivity contribution in [3.8, 4) is 0 Å². The molecule has 0 aliphatic carbocycles. The molecule has 1 atom stereocenters. The van der Waals surface area contributed by atoms with Crippen LogP contribution in [0.15, 0.2) is 15.0 Å². The summed E-state index contributed by atoms with van der Waals surface area (Å²) in [7, 11) is 2.37. The summed E-state index contributed by atoms with van der Waals surface area (Å²) in [6, 6.07) is 0. The van der Waals surface area contributed by atoms with Crippen molar-refractivity contribution >= 4 is 55.0 Å². The maximum Gasteiger partial charge on any atom is 0.186 e. The van der Waals surface area contributed by atoms with Crippen LogP contribution in [0.2, 0.25) is 0 Å². The maximum absolute atomic E-state index is 13.3. The average Bonchev–Trinajstić information content (AvgIpc) is 3.05. The predicted molar refractivity (Wildman–Crippen MR) is 236 cm³/mol. The van der Waals surface area contributed by atoms with Crippen LogP contribution in [0.4, 0.5) is 0 Å². The largest absolute Gasteiger partial charge is 0.860 e. The molecule has 52 heavy (non-hydrogen) atoms. The Balaban J connectivity index is -0.00000384. The summed E-state index contributed by atoms with van der Waals surface area (Å²) in [4.78, 5) is 12.9. The Hall–Kier alpha value is -1.16. The zero-order valence-electron chi connectivity index (χ0n) is 34.4. The van der Waals surface area contributed by atoms with Gasteiger partial charge in [0.25, 0.3) is 0 Å². The number of rotatable bonds is 36. The molecule has 9 nitrogen and oxygen atoms in total. The summed E-state index contributed by atoms with van der Waals surface area (Å²) >= 11 is 0. The molecule has 8 N–H and O–H groups in total. The molecule has 0 radical (unpaired) electrons. The maximum atomic E-state index is 13.3. The number of nitrogens with zero attached hydrogens (tertiary/aromatic N) is 4. The molecule has 0 aromatic rings. The van der Waals surface area contributed by atoms with Crippen LogP contribution < -0.4 is 28.0 Å². The molecule has 0 fully saturated rings. The fraction of sp³-hybridized carbons (Fsp3) is 0.925. The minimum Gasteiger partial charge on any atom is -0.860 e. The van der Waals surface area contributed by atoms with E-state index in [1.165, 1.54) is 154 Å². The Morgan fingerprint density at radius 2 is 0.846 bits per heavy atom. The third kappa shape index (κ3) is 35.8. The predicted octanol–water partition coefficient (Wildman–Crippen LogP) is 9.34. The lowest BCUT2D eigenvalue weighted by Crippen LogP contribution is -2.48. The van der Waals surface area contributed by atoms with E-state index in [0.29, 0.717) is 19.5 Å². The number of guanidine groups is 2.